The first-order chi connectivity index (χ1) is 11.6. The van der Waals surface area contributed by atoms with Crippen molar-refractivity contribution in [3.63, 3.8) is 0 Å². The molecular formula is C18H19NO5. The summed E-state index contributed by atoms with van der Waals surface area (Å²) in [5.74, 6) is -0.622. The van der Waals surface area contributed by atoms with E-state index >= 15 is 0 Å². The van der Waals surface area contributed by atoms with Gasteiger partial charge in [0.25, 0.3) is 0 Å². The van der Waals surface area contributed by atoms with E-state index in [1.54, 1.807) is 30.3 Å². The van der Waals surface area contributed by atoms with Crippen molar-refractivity contribution in [2.75, 3.05) is 13.1 Å². The lowest BCUT2D eigenvalue weighted by molar-refractivity contribution is 0.0692. The van der Waals surface area contributed by atoms with Crippen molar-refractivity contribution in [2.45, 2.75) is 13.8 Å². The van der Waals surface area contributed by atoms with Crippen LogP contribution >= 0.6 is 0 Å². The quantitative estimate of drug-likeness (QED) is 0.866. The highest BCUT2D eigenvalue weighted by atomic mass is 16.6. The summed E-state index contributed by atoms with van der Waals surface area (Å²) in [6.45, 7) is 4.55. The molecular weight excluding hydrogens is 310 g/mol. The van der Waals surface area contributed by atoms with E-state index in [2.05, 4.69) is 0 Å². The van der Waals surface area contributed by atoms with Gasteiger partial charge in [-0.15, -0.1) is 0 Å². The van der Waals surface area contributed by atoms with Gasteiger partial charge < -0.3 is 19.5 Å². The minimum absolute atomic E-state index is 0.106. The molecule has 0 aromatic heterocycles. The van der Waals surface area contributed by atoms with Gasteiger partial charge in [0.1, 0.15) is 11.3 Å². The van der Waals surface area contributed by atoms with Gasteiger partial charge in [-0.2, -0.15) is 0 Å². The van der Waals surface area contributed by atoms with Crippen LogP contribution in [0.1, 0.15) is 24.2 Å². The van der Waals surface area contributed by atoms with Crippen LogP contribution in [0, 0.1) is 0 Å². The number of carbonyl (C=O) groups excluding carboxylic acids is 1. The van der Waals surface area contributed by atoms with Crippen LogP contribution in [-0.2, 0) is 0 Å². The van der Waals surface area contributed by atoms with E-state index in [1.165, 1.54) is 17.0 Å². The van der Waals surface area contributed by atoms with Gasteiger partial charge in [0.2, 0.25) is 0 Å². The van der Waals surface area contributed by atoms with Crippen molar-refractivity contribution in [3.05, 3.63) is 54.1 Å². The third-order valence-electron chi connectivity index (χ3n) is 3.39. The van der Waals surface area contributed by atoms with Crippen LogP contribution in [0.5, 0.6) is 17.2 Å². The van der Waals surface area contributed by atoms with Crippen LogP contribution in [0.3, 0.4) is 0 Å². The SMILES string of the molecule is CCN(CC)C(=O)Oc1c(Oc2ccccc2)cccc1C(=O)O. The second-order valence-corrected chi connectivity index (χ2v) is 4.89. The molecule has 2 aromatic rings. The van der Waals surface area contributed by atoms with Crippen molar-refractivity contribution in [2.24, 2.45) is 0 Å². The summed E-state index contributed by atoms with van der Waals surface area (Å²) in [7, 11) is 0. The van der Waals surface area contributed by atoms with Gasteiger partial charge in [0.05, 0.1) is 0 Å². The van der Waals surface area contributed by atoms with Crippen LogP contribution < -0.4 is 9.47 Å². The summed E-state index contributed by atoms with van der Waals surface area (Å²) >= 11 is 0. The summed E-state index contributed by atoms with van der Waals surface area (Å²) < 4.78 is 11.0. The Morgan fingerprint density at radius 1 is 1.00 bits per heavy atom. The van der Waals surface area contributed by atoms with E-state index in [9.17, 15) is 14.7 Å². The van der Waals surface area contributed by atoms with Gasteiger partial charge in [-0.05, 0) is 38.1 Å². The number of benzene rings is 2. The minimum Gasteiger partial charge on any atom is -0.478 e. The first kappa shape index (κ1) is 17.3. The van der Waals surface area contributed by atoms with Crippen LogP contribution in [0.15, 0.2) is 48.5 Å². The number of hydrogen-bond acceptors (Lipinski definition) is 4. The van der Waals surface area contributed by atoms with Gasteiger partial charge in [-0.25, -0.2) is 9.59 Å². The third-order valence-corrected chi connectivity index (χ3v) is 3.39. The zero-order chi connectivity index (χ0) is 17.5. The molecule has 0 aliphatic carbocycles. The monoisotopic (exact) mass is 329 g/mol. The molecule has 0 aliphatic heterocycles. The number of rotatable bonds is 6. The van der Waals surface area contributed by atoms with Crippen LogP contribution in [-0.4, -0.2) is 35.2 Å². The van der Waals surface area contributed by atoms with Crippen molar-refractivity contribution in [3.8, 4) is 17.2 Å². The molecule has 0 atom stereocenters. The van der Waals surface area contributed by atoms with E-state index in [0.717, 1.165) is 0 Å². The zero-order valence-electron chi connectivity index (χ0n) is 13.6. The van der Waals surface area contributed by atoms with E-state index in [-0.39, 0.29) is 17.1 Å². The number of carboxylic acid groups (broad SMARTS) is 1. The van der Waals surface area contributed by atoms with Crippen molar-refractivity contribution < 1.29 is 24.2 Å². The molecule has 0 unspecified atom stereocenters. The highest BCUT2D eigenvalue weighted by Gasteiger charge is 2.22. The number of carbonyl (C=O) groups is 2. The molecule has 0 heterocycles. The number of hydrogen-bond donors (Lipinski definition) is 1. The lowest BCUT2D eigenvalue weighted by Gasteiger charge is -2.20. The molecule has 24 heavy (non-hydrogen) atoms. The molecule has 0 fully saturated rings. The van der Waals surface area contributed by atoms with Crippen LogP contribution in [0.2, 0.25) is 0 Å². The third kappa shape index (κ3) is 4.04. The van der Waals surface area contributed by atoms with Crippen LogP contribution in [0.4, 0.5) is 4.79 Å². The Hall–Kier alpha value is -3.02. The maximum absolute atomic E-state index is 12.2. The molecule has 2 aromatic carbocycles. The fourth-order valence-corrected chi connectivity index (χ4v) is 2.12. The molecule has 0 bridgehead atoms. The molecule has 0 saturated carbocycles. The number of ether oxygens (including phenoxy) is 2. The van der Waals surface area contributed by atoms with Crippen molar-refractivity contribution in [1.29, 1.82) is 0 Å². The Kier molecular flexibility index (Phi) is 5.78. The summed E-state index contributed by atoms with van der Waals surface area (Å²) in [6, 6.07) is 13.3. The summed E-state index contributed by atoms with van der Waals surface area (Å²) in [4.78, 5) is 25.1. The minimum atomic E-state index is -1.20. The normalized spacial score (nSPS) is 10.1. The molecule has 126 valence electrons. The maximum Gasteiger partial charge on any atom is 0.415 e. The molecule has 1 amide bonds. The smallest absolute Gasteiger partial charge is 0.415 e. The molecule has 2 rings (SSSR count). The second kappa shape index (κ2) is 8.01. The van der Waals surface area contributed by atoms with Gasteiger partial charge in [-0.3, -0.25) is 0 Å². The van der Waals surface area contributed by atoms with E-state index < -0.39 is 12.1 Å². The molecule has 0 saturated heterocycles. The van der Waals surface area contributed by atoms with Crippen molar-refractivity contribution in [1.82, 2.24) is 4.90 Å². The lowest BCUT2D eigenvalue weighted by atomic mass is 10.2. The average Bonchev–Trinajstić information content (AvgIpc) is 2.58. The molecule has 1 N–H and O–H groups in total. The molecule has 6 nitrogen and oxygen atoms in total. The largest absolute Gasteiger partial charge is 0.478 e. The van der Waals surface area contributed by atoms with Gasteiger partial charge in [0, 0.05) is 13.1 Å². The Balaban J connectivity index is 2.38. The van der Waals surface area contributed by atoms with Gasteiger partial charge in [0.15, 0.2) is 11.5 Å². The van der Waals surface area contributed by atoms with Crippen molar-refractivity contribution >= 4 is 12.1 Å². The molecule has 0 radical (unpaired) electrons. The number of aromatic carboxylic acids is 1. The maximum atomic E-state index is 12.2. The zero-order valence-corrected chi connectivity index (χ0v) is 13.6. The predicted octanol–water partition coefficient (Wildman–Crippen LogP) is 4.02. The number of para-hydroxylation sites is 2. The number of carboxylic acids is 1. The average molecular weight is 329 g/mol. The fraction of sp³-hybridized carbons (Fsp3) is 0.222. The van der Waals surface area contributed by atoms with Gasteiger partial charge >= 0.3 is 12.1 Å². The highest BCUT2D eigenvalue weighted by molar-refractivity contribution is 5.93. The number of nitrogens with zero attached hydrogens (tertiary/aromatic N) is 1. The first-order valence-electron chi connectivity index (χ1n) is 7.62. The predicted molar refractivity (Wildman–Crippen MR) is 88.9 cm³/mol. The first-order valence-corrected chi connectivity index (χ1v) is 7.62. The molecule has 6 heteroatoms. The second-order valence-electron chi connectivity index (χ2n) is 4.89. The Morgan fingerprint density at radius 3 is 2.25 bits per heavy atom. The Morgan fingerprint density at radius 2 is 1.67 bits per heavy atom. The molecule has 0 spiro atoms. The van der Waals surface area contributed by atoms with Crippen LogP contribution in [0.25, 0.3) is 0 Å². The topological polar surface area (TPSA) is 76.1 Å². The number of amides is 1. The Labute approximate surface area is 140 Å². The van der Waals surface area contributed by atoms with Gasteiger partial charge in [-0.1, -0.05) is 24.3 Å². The highest BCUT2D eigenvalue weighted by Crippen LogP contribution is 2.35. The molecule has 0 aliphatic rings. The van der Waals surface area contributed by atoms with E-state index in [1.807, 2.05) is 19.9 Å². The Bertz CT molecular complexity index is 711. The summed E-state index contributed by atoms with van der Waals surface area (Å²) in [5.41, 5.74) is -0.135. The summed E-state index contributed by atoms with van der Waals surface area (Å²) in [5, 5.41) is 9.36. The van der Waals surface area contributed by atoms with E-state index in [0.29, 0.717) is 18.8 Å². The lowest BCUT2D eigenvalue weighted by Crippen LogP contribution is -2.33. The standard InChI is InChI=1S/C18H19NO5/c1-3-19(4-2)18(22)24-16-14(17(20)21)11-8-12-15(16)23-13-9-6-5-7-10-13/h5-12H,3-4H2,1-2H3,(H,20,21). The van der Waals surface area contributed by atoms with E-state index in [4.69, 9.17) is 9.47 Å². The summed E-state index contributed by atoms with van der Waals surface area (Å²) in [6.07, 6.45) is -0.619. The fourth-order valence-electron chi connectivity index (χ4n) is 2.12.